The molecule has 2 aromatic heterocycles. The van der Waals surface area contributed by atoms with Gasteiger partial charge in [-0.1, -0.05) is 12.1 Å². The van der Waals surface area contributed by atoms with Gasteiger partial charge in [0, 0.05) is 12.6 Å². The van der Waals surface area contributed by atoms with E-state index >= 15 is 0 Å². The predicted octanol–water partition coefficient (Wildman–Crippen LogP) is 2.66. The minimum atomic E-state index is -2.96. The maximum atomic E-state index is 14.3. The SMILES string of the molecule is O=C(Nc1cnn2ccc(N3CC(F)(F)CC3c3cccc(F)c3)nc12)N1CC(O)C1. The zero-order valence-corrected chi connectivity index (χ0v) is 16.3. The van der Waals surface area contributed by atoms with Gasteiger partial charge in [-0.3, -0.25) is 0 Å². The Kier molecular flexibility index (Phi) is 4.50. The van der Waals surface area contributed by atoms with E-state index in [1.165, 1.54) is 38.7 Å². The third kappa shape index (κ3) is 3.65. The fraction of sp³-hybridized carbons (Fsp3) is 0.350. The molecule has 0 aliphatic carbocycles. The summed E-state index contributed by atoms with van der Waals surface area (Å²) in [7, 11) is 0. The van der Waals surface area contributed by atoms with Crippen LogP contribution in [0.3, 0.4) is 0 Å². The minimum Gasteiger partial charge on any atom is -0.389 e. The van der Waals surface area contributed by atoms with E-state index in [0.29, 0.717) is 16.9 Å². The molecule has 0 spiro atoms. The molecule has 2 aliphatic rings. The van der Waals surface area contributed by atoms with Gasteiger partial charge in [0.25, 0.3) is 5.92 Å². The molecule has 1 unspecified atom stereocenters. The van der Waals surface area contributed by atoms with Crippen molar-refractivity contribution in [2.24, 2.45) is 0 Å². The van der Waals surface area contributed by atoms with E-state index in [4.69, 9.17) is 0 Å². The van der Waals surface area contributed by atoms with E-state index in [0.717, 1.165) is 0 Å². The number of hydrogen-bond acceptors (Lipinski definition) is 5. The number of aliphatic hydroxyl groups is 1. The topological polar surface area (TPSA) is 86.0 Å². The molecule has 8 nitrogen and oxygen atoms in total. The molecule has 2 fully saturated rings. The van der Waals surface area contributed by atoms with Crippen molar-refractivity contribution >= 4 is 23.2 Å². The highest BCUT2D eigenvalue weighted by molar-refractivity contribution is 5.93. The van der Waals surface area contributed by atoms with Gasteiger partial charge >= 0.3 is 6.03 Å². The smallest absolute Gasteiger partial charge is 0.322 e. The Morgan fingerprint density at radius 1 is 1.26 bits per heavy atom. The number of aliphatic hydroxyl groups excluding tert-OH is 1. The lowest BCUT2D eigenvalue weighted by molar-refractivity contribution is 0.0222. The molecule has 2 amide bonds. The van der Waals surface area contributed by atoms with E-state index in [1.807, 2.05) is 0 Å². The number of urea groups is 1. The summed E-state index contributed by atoms with van der Waals surface area (Å²) in [5, 5.41) is 16.2. The van der Waals surface area contributed by atoms with Crippen molar-refractivity contribution < 1.29 is 23.1 Å². The molecule has 0 saturated carbocycles. The minimum absolute atomic E-state index is 0.238. The maximum Gasteiger partial charge on any atom is 0.322 e. The summed E-state index contributed by atoms with van der Waals surface area (Å²) in [6.07, 6.45) is 2.00. The highest BCUT2D eigenvalue weighted by Crippen LogP contribution is 2.43. The number of carbonyl (C=O) groups excluding carboxylic acids is 1. The van der Waals surface area contributed by atoms with Gasteiger partial charge in [0.15, 0.2) is 5.65 Å². The first-order valence-corrected chi connectivity index (χ1v) is 9.77. The van der Waals surface area contributed by atoms with Crippen LogP contribution in [0.15, 0.2) is 42.7 Å². The number of likely N-dealkylation sites (tertiary alicyclic amines) is 1. The molecule has 4 heterocycles. The number of aromatic nitrogens is 3. The third-order valence-electron chi connectivity index (χ3n) is 5.54. The van der Waals surface area contributed by atoms with Gasteiger partial charge in [-0.15, -0.1) is 0 Å². The summed E-state index contributed by atoms with van der Waals surface area (Å²) in [6.45, 7) is -0.0807. The first-order valence-electron chi connectivity index (χ1n) is 9.77. The van der Waals surface area contributed by atoms with Crippen LogP contribution in [0, 0.1) is 5.82 Å². The lowest BCUT2D eigenvalue weighted by Crippen LogP contribution is -2.54. The highest BCUT2D eigenvalue weighted by atomic mass is 19.3. The summed E-state index contributed by atoms with van der Waals surface area (Å²) in [5.41, 5.74) is 1.05. The standard InChI is InChI=1S/C20H19F3N6O2/c21-13-3-1-2-12(6-13)16-7-20(22,23)11-28(16)17-4-5-29-18(26-17)15(8-24-29)25-19(31)27-9-14(30)10-27/h1-6,8,14,16,30H,7,9-11H2,(H,25,31). The Hall–Kier alpha value is -3.34. The Bertz CT molecular complexity index is 1150. The van der Waals surface area contributed by atoms with Gasteiger partial charge in [-0.05, 0) is 23.8 Å². The number of hydrogen-bond donors (Lipinski definition) is 2. The van der Waals surface area contributed by atoms with Crippen molar-refractivity contribution in [1.82, 2.24) is 19.5 Å². The summed E-state index contributed by atoms with van der Waals surface area (Å²) in [4.78, 5) is 19.6. The molecule has 3 aromatic rings. The number of alkyl halides is 2. The van der Waals surface area contributed by atoms with Gasteiger partial charge in [0.1, 0.15) is 17.3 Å². The van der Waals surface area contributed by atoms with E-state index in [1.54, 1.807) is 18.3 Å². The first kappa shape index (κ1) is 19.6. The number of amides is 2. The summed E-state index contributed by atoms with van der Waals surface area (Å²) in [6, 6.07) is 6.04. The quantitative estimate of drug-likeness (QED) is 0.665. The molecule has 11 heteroatoms. The zero-order chi connectivity index (χ0) is 21.8. The van der Waals surface area contributed by atoms with Gasteiger partial charge < -0.3 is 20.2 Å². The largest absolute Gasteiger partial charge is 0.389 e. The van der Waals surface area contributed by atoms with Gasteiger partial charge in [0.2, 0.25) is 0 Å². The molecule has 0 radical (unpaired) electrons. The second-order valence-corrected chi connectivity index (χ2v) is 7.86. The van der Waals surface area contributed by atoms with Crippen LogP contribution in [-0.4, -0.2) is 62.3 Å². The number of halogens is 3. The summed E-state index contributed by atoms with van der Waals surface area (Å²) < 4.78 is 43.8. The number of anilines is 2. The molecule has 1 atom stereocenters. The number of fused-ring (bicyclic) bond motifs is 1. The molecule has 2 N–H and O–H groups in total. The second kappa shape index (κ2) is 7.12. The molecule has 2 saturated heterocycles. The van der Waals surface area contributed by atoms with E-state index in [2.05, 4.69) is 15.4 Å². The number of benzene rings is 1. The van der Waals surface area contributed by atoms with Gasteiger partial charge in [0.05, 0.1) is 38.0 Å². The molecule has 162 valence electrons. The zero-order valence-electron chi connectivity index (χ0n) is 16.3. The Morgan fingerprint density at radius 2 is 2.06 bits per heavy atom. The fourth-order valence-corrected chi connectivity index (χ4v) is 3.99. The molecule has 2 aliphatic heterocycles. The average molecular weight is 432 g/mol. The normalized spacial score (nSPS) is 20.8. The van der Waals surface area contributed by atoms with Crippen LogP contribution in [0.2, 0.25) is 0 Å². The first-order chi connectivity index (χ1) is 14.8. The van der Waals surface area contributed by atoms with Crippen molar-refractivity contribution in [3.63, 3.8) is 0 Å². The van der Waals surface area contributed by atoms with Crippen LogP contribution in [0.1, 0.15) is 18.0 Å². The van der Waals surface area contributed by atoms with Crippen molar-refractivity contribution in [3.05, 3.63) is 54.1 Å². The van der Waals surface area contributed by atoms with Crippen LogP contribution < -0.4 is 10.2 Å². The van der Waals surface area contributed by atoms with E-state index < -0.39 is 42.9 Å². The number of rotatable bonds is 3. The summed E-state index contributed by atoms with van der Waals surface area (Å²) in [5.74, 6) is -3.18. The van der Waals surface area contributed by atoms with Crippen LogP contribution in [-0.2, 0) is 0 Å². The van der Waals surface area contributed by atoms with E-state index in [-0.39, 0.29) is 18.9 Å². The Morgan fingerprint density at radius 3 is 2.81 bits per heavy atom. The Balaban J connectivity index is 1.46. The number of nitrogens with one attached hydrogen (secondary N) is 1. The molecule has 31 heavy (non-hydrogen) atoms. The Labute approximate surface area is 174 Å². The molecule has 1 aromatic carbocycles. The fourth-order valence-electron chi connectivity index (χ4n) is 3.99. The lowest BCUT2D eigenvalue weighted by Gasteiger charge is -2.35. The average Bonchev–Trinajstić information content (AvgIpc) is 3.25. The second-order valence-electron chi connectivity index (χ2n) is 7.86. The van der Waals surface area contributed by atoms with Crippen LogP contribution in [0.4, 0.5) is 29.5 Å². The van der Waals surface area contributed by atoms with Crippen molar-refractivity contribution in [2.45, 2.75) is 24.5 Å². The van der Waals surface area contributed by atoms with Gasteiger partial charge in [-0.25, -0.2) is 27.5 Å². The monoisotopic (exact) mass is 432 g/mol. The number of carbonyl (C=O) groups is 1. The maximum absolute atomic E-state index is 14.3. The predicted molar refractivity (Wildman–Crippen MR) is 106 cm³/mol. The third-order valence-corrected chi connectivity index (χ3v) is 5.54. The van der Waals surface area contributed by atoms with Crippen LogP contribution in [0.5, 0.6) is 0 Å². The highest BCUT2D eigenvalue weighted by Gasteiger charge is 2.46. The summed E-state index contributed by atoms with van der Waals surface area (Å²) >= 11 is 0. The molecular formula is C20H19F3N6O2. The van der Waals surface area contributed by atoms with Gasteiger partial charge in [-0.2, -0.15) is 5.10 Å². The van der Waals surface area contributed by atoms with Crippen LogP contribution >= 0.6 is 0 Å². The lowest BCUT2D eigenvalue weighted by atomic mass is 10.0. The number of β-amino-alcohol motifs (C(OH)–C–C–N with tert-alkyl or cyclic N) is 1. The molecule has 5 rings (SSSR count). The molecule has 0 bridgehead atoms. The molecular weight excluding hydrogens is 413 g/mol. The van der Waals surface area contributed by atoms with Crippen molar-refractivity contribution in [1.29, 1.82) is 0 Å². The van der Waals surface area contributed by atoms with Crippen molar-refractivity contribution in [3.8, 4) is 0 Å². The van der Waals surface area contributed by atoms with E-state index in [9.17, 15) is 23.1 Å². The van der Waals surface area contributed by atoms with Crippen LogP contribution in [0.25, 0.3) is 5.65 Å². The van der Waals surface area contributed by atoms with Crippen molar-refractivity contribution in [2.75, 3.05) is 29.9 Å². The number of nitrogens with zero attached hydrogens (tertiary/aromatic N) is 5.